The molecule has 2 N–H and O–H groups in total. The third kappa shape index (κ3) is 4.03. The number of aryl methyl sites for hydroxylation is 1. The summed E-state index contributed by atoms with van der Waals surface area (Å²) in [5.74, 6) is -0.805. The topological polar surface area (TPSA) is 72.9 Å². The van der Waals surface area contributed by atoms with Gasteiger partial charge in [0.25, 0.3) is 0 Å². The molecule has 0 aliphatic carbocycles. The predicted octanol–water partition coefficient (Wildman–Crippen LogP) is 2.87. The van der Waals surface area contributed by atoms with Crippen molar-refractivity contribution in [3.05, 3.63) is 59.7 Å². The van der Waals surface area contributed by atoms with Crippen molar-refractivity contribution in [3.63, 3.8) is 0 Å². The predicted molar refractivity (Wildman–Crippen MR) is 102 cm³/mol. The Labute approximate surface area is 153 Å². The second-order valence-electron chi connectivity index (χ2n) is 6.34. The molecule has 0 atom stereocenters. The summed E-state index contributed by atoms with van der Waals surface area (Å²) in [5, 5.41) is 11.9. The van der Waals surface area contributed by atoms with Gasteiger partial charge in [-0.15, -0.1) is 0 Å². The van der Waals surface area contributed by atoms with E-state index in [0.29, 0.717) is 19.5 Å². The van der Waals surface area contributed by atoms with E-state index >= 15 is 0 Å². The molecule has 136 valence electrons. The fourth-order valence-electron chi connectivity index (χ4n) is 3.11. The highest BCUT2D eigenvalue weighted by molar-refractivity contribution is 6.06. The number of amides is 2. The molecule has 0 spiro atoms. The molecule has 6 heteroatoms. The maximum Gasteiger partial charge on any atom is 0.329 e. The maximum absolute atomic E-state index is 12.8. The summed E-state index contributed by atoms with van der Waals surface area (Å²) in [5.41, 5.74) is 3.87. The lowest BCUT2D eigenvalue weighted by molar-refractivity contribution is -0.136. The van der Waals surface area contributed by atoms with Crippen molar-refractivity contribution in [2.75, 3.05) is 29.9 Å². The highest BCUT2D eigenvalue weighted by Gasteiger charge is 2.30. The van der Waals surface area contributed by atoms with Gasteiger partial charge in [-0.1, -0.05) is 24.3 Å². The summed E-state index contributed by atoms with van der Waals surface area (Å²) in [6, 6.07) is 15.5. The molecule has 26 heavy (non-hydrogen) atoms. The number of carbonyl (C=O) groups excluding carboxylic acids is 1. The molecule has 2 aromatic rings. The average molecular weight is 353 g/mol. The minimum atomic E-state index is -0.805. The molecule has 1 aliphatic heterocycles. The minimum Gasteiger partial charge on any atom is -0.481 e. The largest absolute Gasteiger partial charge is 0.481 e. The summed E-state index contributed by atoms with van der Waals surface area (Å²) in [6.45, 7) is 2.07. The second-order valence-corrected chi connectivity index (χ2v) is 6.34. The highest BCUT2D eigenvalue weighted by Crippen LogP contribution is 2.26. The first kappa shape index (κ1) is 17.9. The van der Waals surface area contributed by atoms with Crippen LogP contribution < -0.4 is 15.1 Å². The van der Waals surface area contributed by atoms with E-state index in [9.17, 15) is 9.59 Å². The van der Waals surface area contributed by atoms with Gasteiger partial charge >= 0.3 is 12.0 Å². The van der Waals surface area contributed by atoms with Crippen LogP contribution in [0, 0.1) is 0 Å². The van der Waals surface area contributed by atoms with Gasteiger partial charge in [0, 0.05) is 37.4 Å². The molecule has 6 nitrogen and oxygen atoms in total. The number of carboxylic acids is 1. The lowest BCUT2D eigenvalue weighted by Crippen LogP contribution is -2.31. The number of aliphatic carboxylic acids is 1. The third-order valence-corrected chi connectivity index (χ3v) is 4.51. The lowest BCUT2D eigenvalue weighted by Gasteiger charge is -2.19. The Morgan fingerprint density at radius 2 is 1.46 bits per heavy atom. The summed E-state index contributed by atoms with van der Waals surface area (Å²) in [4.78, 5) is 27.0. The van der Waals surface area contributed by atoms with E-state index in [1.165, 1.54) is 5.56 Å². The van der Waals surface area contributed by atoms with Crippen LogP contribution in [0.3, 0.4) is 0 Å². The van der Waals surface area contributed by atoms with Gasteiger partial charge in [-0.05, 0) is 48.9 Å². The van der Waals surface area contributed by atoms with Gasteiger partial charge in [0.1, 0.15) is 0 Å². The number of carbonyl (C=O) groups is 2. The van der Waals surface area contributed by atoms with Crippen molar-refractivity contribution in [3.8, 4) is 0 Å². The van der Waals surface area contributed by atoms with Crippen molar-refractivity contribution in [1.82, 2.24) is 5.32 Å². The number of anilines is 2. The van der Waals surface area contributed by atoms with E-state index in [-0.39, 0.29) is 12.5 Å². The fourth-order valence-corrected chi connectivity index (χ4v) is 3.11. The molecular weight excluding hydrogens is 330 g/mol. The number of hydrogen-bond acceptors (Lipinski definition) is 3. The fraction of sp³-hybridized carbons (Fsp3) is 0.300. The molecule has 1 heterocycles. The summed E-state index contributed by atoms with van der Waals surface area (Å²) < 4.78 is 0. The van der Waals surface area contributed by atoms with Crippen LogP contribution in [-0.2, 0) is 17.8 Å². The molecule has 0 aromatic heterocycles. The Kier molecular flexibility index (Phi) is 5.53. The zero-order valence-electron chi connectivity index (χ0n) is 14.8. The van der Waals surface area contributed by atoms with Crippen LogP contribution in [0.4, 0.5) is 16.2 Å². The normalized spacial score (nSPS) is 14.1. The van der Waals surface area contributed by atoms with Gasteiger partial charge in [-0.3, -0.25) is 14.6 Å². The molecule has 0 unspecified atom stereocenters. The van der Waals surface area contributed by atoms with Crippen LogP contribution in [-0.4, -0.2) is 37.2 Å². The Morgan fingerprint density at radius 3 is 1.92 bits per heavy atom. The van der Waals surface area contributed by atoms with Gasteiger partial charge in [0.05, 0.1) is 0 Å². The van der Waals surface area contributed by atoms with Crippen molar-refractivity contribution < 1.29 is 14.7 Å². The van der Waals surface area contributed by atoms with Crippen LogP contribution >= 0.6 is 0 Å². The molecule has 2 aromatic carbocycles. The van der Waals surface area contributed by atoms with Gasteiger partial charge in [0.15, 0.2) is 0 Å². The zero-order valence-corrected chi connectivity index (χ0v) is 14.8. The highest BCUT2D eigenvalue weighted by atomic mass is 16.4. The minimum absolute atomic E-state index is 0.0374. The van der Waals surface area contributed by atoms with Crippen LogP contribution in [0.1, 0.15) is 17.5 Å². The Morgan fingerprint density at radius 1 is 0.962 bits per heavy atom. The smallest absolute Gasteiger partial charge is 0.329 e. The molecule has 0 radical (unpaired) electrons. The molecule has 1 fully saturated rings. The molecule has 1 saturated heterocycles. The Balaban J connectivity index is 1.67. The van der Waals surface area contributed by atoms with Crippen LogP contribution in [0.15, 0.2) is 48.5 Å². The van der Waals surface area contributed by atoms with Crippen LogP contribution in [0.2, 0.25) is 0 Å². The van der Waals surface area contributed by atoms with Gasteiger partial charge in [0.2, 0.25) is 0 Å². The number of hydrogen-bond donors (Lipinski definition) is 2. The SMILES string of the molecule is CNCc1ccc(N2CCN(c3ccc(CCC(=O)O)cc3)C2=O)cc1. The van der Waals surface area contributed by atoms with Gasteiger partial charge < -0.3 is 10.4 Å². The number of nitrogens with zero attached hydrogens (tertiary/aromatic N) is 2. The Hall–Kier alpha value is -2.86. The number of benzene rings is 2. The monoisotopic (exact) mass is 353 g/mol. The lowest BCUT2D eigenvalue weighted by atomic mass is 10.1. The standard InChI is InChI=1S/C20H23N3O3/c1-21-14-16-4-9-18(10-5-16)23-13-12-22(20(23)26)17-7-2-15(3-8-17)6-11-19(24)25/h2-5,7-10,21H,6,11-14H2,1H3,(H,24,25). The van der Waals surface area contributed by atoms with Crippen molar-refractivity contribution >= 4 is 23.4 Å². The van der Waals surface area contributed by atoms with E-state index in [1.807, 2.05) is 55.6 Å². The first-order valence-electron chi connectivity index (χ1n) is 8.72. The van der Waals surface area contributed by atoms with E-state index < -0.39 is 5.97 Å². The number of rotatable bonds is 7. The summed E-state index contributed by atoms with van der Waals surface area (Å²) in [7, 11) is 1.91. The van der Waals surface area contributed by atoms with E-state index in [0.717, 1.165) is 23.5 Å². The zero-order chi connectivity index (χ0) is 18.5. The number of carboxylic acid groups (broad SMARTS) is 1. The average Bonchev–Trinajstić information content (AvgIpc) is 3.03. The first-order chi connectivity index (χ1) is 12.6. The Bertz CT molecular complexity index is 772. The van der Waals surface area contributed by atoms with Crippen molar-refractivity contribution in [2.45, 2.75) is 19.4 Å². The first-order valence-corrected chi connectivity index (χ1v) is 8.72. The van der Waals surface area contributed by atoms with Gasteiger partial charge in [-0.2, -0.15) is 0 Å². The quantitative estimate of drug-likeness (QED) is 0.803. The third-order valence-electron chi connectivity index (χ3n) is 4.51. The summed E-state index contributed by atoms with van der Waals surface area (Å²) in [6.07, 6.45) is 0.605. The number of urea groups is 1. The van der Waals surface area contributed by atoms with Crippen molar-refractivity contribution in [1.29, 1.82) is 0 Å². The molecule has 2 amide bonds. The van der Waals surface area contributed by atoms with Crippen LogP contribution in [0.5, 0.6) is 0 Å². The van der Waals surface area contributed by atoms with E-state index in [2.05, 4.69) is 5.32 Å². The van der Waals surface area contributed by atoms with Crippen LogP contribution in [0.25, 0.3) is 0 Å². The molecule has 3 rings (SSSR count). The molecular formula is C20H23N3O3. The van der Waals surface area contributed by atoms with E-state index in [4.69, 9.17) is 5.11 Å². The van der Waals surface area contributed by atoms with Gasteiger partial charge in [-0.25, -0.2) is 4.79 Å². The summed E-state index contributed by atoms with van der Waals surface area (Å²) >= 11 is 0. The molecule has 1 aliphatic rings. The molecule has 0 saturated carbocycles. The second kappa shape index (κ2) is 8.01. The number of nitrogens with one attached hydrogen (secondary N) is 1. The van der Waals surface area contributed by atoms with E-state index in [1.54, 1.807) is 9.80 Å². The molecule has 0 bridgehead atoms. The maximum atomic E-state index is 12.8. The van der Waals surface area contributed by atoms with Crippen molar-refractivity contribution in [2.24, 2.45) is 0 Å².